The molecule has 114 valence electrons. The molecule has 0 fully saturated rings. The van der Waals surface area contributed by atoms with Crippen LogP contribution < -0.4 is 0 Å². The molecule has 0 atom stereocenters. The van der Waals surface area contributed by atoms with E-state index in [1.54, 1.807) is 18.5 Å². The summed E-state index contributed by atoms with van der Waals surface area (Å²) in [5.41, 5.74) is 1.08. The van der Waals surface area contributed by atoms with Crippen LogP contribution in [0.25, 0.3) is 0 Å². The van der Waals surface area contributed by atoms with Gasteiger partial charge in [0.15, 0.2) is 0 Å². The van der Waals surface area contributed by atoms with Gasteiger partial charge in [-0.2, -0.15) is 9.40 Å². The molecule has 0 unspecified atom stereocenters. The van der Waals surface area contributed by atoms with E-state index in [1.165, 1.54) is 0 Å². The molecule has 0 saturated carbocycles. The van der Waals surface area contributed by atoms with E-state index in [0.717, 1.165) is 4.31 Å². The molecule has 21 heavy (non-hydrogen) atoms. The van der Waals surface area contributed by atoms with Crippen molar-refractivity contribution in [3.8, 4) is 24.7 Å². The fraction of sp³-hybridized carbons (Fsp3) is 0.533. The van der Waals surface area contributed by atoms with Gasteiger partial charge in [-0.25, -0.2) is 8.42 Å². The zero-order chi connectivity index (χ0) is 16.2. The molecule has 0 aromatic carbocycles. The van der Waals surface area contributed by atoms with Crippen molar-refractivity contribution in [2.75, 3.05) is 13.1 Å². The third-order valence-corrected chi connectivity index (χ3v) is 5.03. The summed E-state index contributed by atoms with van der Waals surface area (Å²) in [6.45, 7) is 8.08. The van der Waals surface area contributed by atoms with E-state index in [4.69, 9.17) is 12.8 Å². The van der Waals surface area contributed by atoms with Gasteiger partial charge < -0.3 is 0 Å². The highest BCUT2D eigenvalue weighted by molar-refractivity contribution is 7.89. The van der Waals surface area contributed by atoms with E-state index in [9.17, 15) is 8.42 Å². The van der Waals surface area contributed by atoms with Crippen LogP contribution in [0.3, 0.4) is 0 Å². The van der Waals surface area contributed by atoms with Gasteiger partial charge in [0.05, 0.1) is 24.5 Å². The Hall–Kier alpha value is -1.76. The topological polar surface area (TPSA) is 55.2 Å². The lowest BCUT2D eigenvalue weighted by atomic mass is 10.2. The highest BCUT2D eigenvalue weighted by atomic mass is 32.2. The number of rotatable bonds is 6. The second-order valence-corrected chi connectivity index (χ2v) is 7.13. The number of sulfonamides is 1. The van der Waals surface area contributed by atoms with E-state index in [2.05, 4.69) is 16.9 Å². The molecule has 0 saturated heterocycles. The van der Waals surface area contributed by atoms with Crippen molar-refractivity contribution >= 4 is 10.0 Å². The summed E-state index contributed by atoms with van der Waals surface area (Å²) in [6.07, 6.45) is 10.5. The second kappa shape index (κ2) is 6.80. The molecule has 0 bridgehead atoms. The van der Waals surface area contributed by atoms with Gasteiger partial charge in [-0.3, -0.25) is 4.68 Å². The first-order valence-corrected chi connectivity index (χ1v) is 8.10. The van der Waals surface area contributed by atoms with Crippen molar-refractivity contribution in [2.45, 2.75) is 39.1 Å². The van der Waals surface area contributed by atoms with Gasteiger partial charge in [0.25, 0.3) is 0 Å². The lowest BCUT2D eigenvalue weighted by Gasteiger charge is -2.17. The number of terminal acetylenes is 2. The van der Waals surface area contributed by atoms with Crippen molar-refractivity contribution in [1.82, 2.24) is 14.1 Å². The summed E-state index contributed by atoms with van der Waals surface area (Å²) in [5, 5.41) is 4.33. The van der Waals surface area contributed by atoms with E-state index < -0.39 is 10.0 Å². The monoisotopic (exact) mass is 307 g/mol. The van der Waals surface area contributed by atoms with Crippen LogP contribution in [-0.4, -0.2) is 35.6 Å². The Morgan fingerprint density at radius 2 is 1.76 bits per heavy atom. The first kappa shape index (κ1) is 17.3. The summed E-state index contributed by atoms with van der Waals surface area (Å²) in [4.78, 5) is 0.202. The summed E-state index contributed by atoms with van der Waals surface area (Å²) in [7, 11) is -3.74. The Morgan fingerprint density at radius 3 is 2.19 bits per heavy atom. The van der Waals surface area contributed by atoms with Crippen molar-refractivity contribution in [1.29, 1.82) is 0 Å². The van der Waals surface area contributed by atoms with Crippen molar-refractivity contribution in [2.24, 2.45) is 5.92 Å². The molecule has 0 N–H and O–H groups in total. The van der Waals surface area contributed by atoms with Crippen LogP contribution in [0.5, 0.6) is 0 Å². The molecule has 0 aliphatic rings. The van der Waals surface area contributed by atoms with Crippen LogP contribution in [0, 0.1) is 44.5 Å². The molecule has 1 heterocycles. The van der Waals surface area contributed by atoms with Crippen LogP contribution in [0.2, 0.25) is 0 Å². The number of nitrogens with zero attached hydrogens (tertiary/aromatic N) is 3. The molecule has 0 amide bonds. The molecule has 6 heteroatoms. The van der Waals surface area contributed by atoms with E-state index >= 15 is 0 Å². The van der Waals surface area contributed by atoms with E-state index in [-0.39, 0.29) is 18.0 Å². The Labute approximate surface area is 127 Å². The van der Waals surface area contributed by atoms with Crippen LogP contribution in [0.4, 0.5) is 0 Å². The second-order valence-electron chi connectivity index (χ2n) is 5.26. The molecular weight excluding hydrogens is 286 g/mol. The number of hydrogen-bond acceptors (Lipinski definition) is 3. The van der Waals surface area contributed by atoms with Crippen LogP contribution in [0.15, 0.2) is 4.90 Å². The molecular formula is C15H21N3O2S. The van der Waals surface area contributed by atoms with E-state index in [0.29, 0.717) is 23.9 Å². The van der Waals surface area contributed by atoms with Crippen LogP contribution in [0.1, 0.15) is 25.2 Å². The molecule has 0 spiro atoms. The fourth-order valence-electron chi connectivity index (χ4n) is 2.14. The quantitative estimate of drug-likeness (QED) is 0.747. The number of aryl methyl sites for hydroxylation is 1. The average Bonchev–Trinajstić information content (AvgIpc) is 2.63. The molecule has 1 rings (SSSR count). The Morgan fingerprint density at radius 1 is 1.24 bits per heavy atom. The predicted molar refractivity (Wildman–Crippen MR) is 83.0 cm³/mol. The Bertz CT molecular complexity index is 672. The van der Waals surface area contributed by atoms with Gasteiger partial charge in [0.1, 0.15) is 4.90 Å². The first-order valence-electron chi connectivity index (χ1n) is 6.66. The molecule has 0 aliphatic heterocycles. The van der Waals surface area contributed by atoms with Crippen LogP contribution >= 0.6 is 0 Å². The average molecular weight is 307 g/mol. The SMILES string of the molecule is C#CCN(CC#C)S(=O)(=O)c1c(C)nn(CC(C)C)c1C. The minimum atomic E-state index is -3.74. The fourth-order valence-corrected chi connectivity index (χ4v) is 3.78. The molecule has 0 radical (unpaired) electrons. The predicted octanol–water partition coefficient (Wildman–Crippen LogP) is 1.41. The maximum atomic E-state index is 12.7. The van der Waals surface area contributed by atoms with Gasteiger partial charge in [-0.1, -0.05) is 25.7 Å². The van der Waals surface area contributed by atoms with Gasteiger partial charge in [-0.15, -0.1) is 12.8 Å². The lowest BCUT2D eigenvalue weighted by Crippen LogP contribution is -2.32. The van der Waals surface area contributed by atoms with Gasteiger partial charge >= 0.3 is 0 Å². The summed E-state index contributed by atoms with van der Waals surface area (Å²) >= 11 is 0. The zero-order valence-electron chi connectivity index (χ0n) is 12.9. The van der Waals surface area contributed by atoms with Crippen molar-refractivity contribution in [3.05, 3.63) is 11.4 Å². The maximum Gasteiger partial charge on any atom is 0.248 e. The minimum absolute atomic E-state index is 0.0548. The molecule has 1 aromatic rings. The third-order valence-electron chi connectivity index (χ3n) is 2.99. The largest absolute Gasteiger partial charge is 0.268 e. The van der Waals surface area contributed by atoms with Crippen molar-refractivity contribution in [3.63, 3.8) is 0 Å². The smallest absolute Gasteiger partial charge is 0.248 e. The summed E-state index contributed by atoms with van der Waals surface area (Å²) in [5.74, 6) is 5.03. The summed E-state index contributed by atoms with van der Waals surface area (Å²) < 4.78 is 28.3. The molecule has 1 aromatic heterocycles. The van der Waals surface area contributed by atoms with Crippen molar-refractivity contribution < 1.29 is 8.42 Å². The van der Waals surface area contributed by atoms with Crippen LogP contribution in [-0.2, 0) is 16.6 Å². The first-order chi connectivity index (χ1) is 9.75. The number of hydrogen-bond donors (Lipinski definition) is 0. The van der Waals surface area contributed by atoms with Gasteiger partial charge in [0.2, 0.25) is 10.0 Å². The zero-order valence-corrected chi connectivity index (χ0v) is 13.7. The Kier molecular flexibility index (Phi) is 5.60. The third kappa shape index (κ3) is 3.66. The summed E-state index contributed by atoms with van der Waals surface area (Å²) in [6, 6.07) is 0. The van der Waals surface area contributed by atoms with Gasteiger partial charge in [0, 0.05) is 6.54 Å². The van der Waals surface area contributed by atoms with Gasteiger partial charge in [-0.05, 0) is 19.8 Å². The highest BCUT2D eigenvalue weighted by Crippen LogP contribution is 2.23. The molecule has 5 nitrogen and oxygen atoms in total. The lowest BCUT2D eigenvalue weighted by molar-refractivity contribution is 0.468. The Balaban J connectivity index is 3.35. The highest BCUT2D eigenvalue weighted by Gasteiger charge is 2.30. The number of aromatic nitrogens is 2. The maximum absolute atomic E-state index is 12.7. The minimum Gasteiger partial charge on any atom is -0.268 e. The van der Waals surface area contributed by atoms with E-state index in [1.807, 2.05) is 13.8 Å². The molecule has 0 aliphatic carbocycles. The normalized spacial score (nSPS) is 11.6. The standard InChI is InChI=1S/C15H21N3O2S/c1-7-9-17(10-8-2)21(19,20)15-13(5)16-18(14(15)6)11-12(3)4/h1-2,12H,9-11H2,3-6H3.